The Balaban J connectivity index is 0. The number of hydrogen-bond donors (Lipinski definition) is 2. The Hall–Kier alpha value is -0.0300. The number of carbonyl (C=O) groups is 2. The van der Waals surface area contributed by atoms with Gasteiger partial charge in [0, 0.05) is 12.8 Å². The smallest absolute Gasteiger partial charge is 0.756 e. The predicted molar refractivity (Wildman–Crippen MR) is 176 cm³/mol. The molecule has 0 radical (unpaired) electrons. The van der Waals surface area contributed by atoms with Gasteiger partial charge in [0.25, 0.3) is 7.82 Å². The van der Waals surface area contributed by atoms with Gasteiger partial charge in [-0.15, -0.1) is 0 Å². The van der Waals surface area contributed by atoms with Crippen molar-refractivity contribution >= 4 is 19.8 Å². The number of ether oxygens (including phenoxy) is 2. The van der Waals surface area contributed by atoms with Crippen molar-refractivity contribution < 1.29 is 77.3 Å². The largest absolute Gasteiger partial charge is 1.00 e. The van der Waals surface area contributed by atoms with Gasteiger partial charge in [0.1, 0.15) is 12.7 Å². The van der Waals surface area contributed by atoms with Crippen LogP contribution in [0.5, 0.6) is 0 Å². The first kappa shape index (κ1) is 48.1. The Labute approximate surface area is 302 Å². The minimum Gasteiger partial charge on any atom is -0.756 e. The second kappa shape index (κ2) is 34.8. The first-order valence-corrected chi connectivity index (χ1v) is 19.4. The summed E-state index contributed by atoms with van der Waals surface area (Å²) in [7, 11) is -4.85. The second-order valence-electron chi connectivity index (χ2n) is 12.2. The Kier molecular flexibility index (Phi) is 36.4. The zero-order chi connectivity index (χ0) is 33.4. The first-order valence-electron chi connectivity index (χ1n) is 18.0. The van der Waals surface area contributed by atoms with Crippen molar-refractivity contribution in [3.05, 3.63) is 0 Å². The molecule has 1 unspecified atom stereocenters. The van der Waals surface area contributed by atoms with Gasteiger partial charge in [0.2, 0.25) is 0 Å². The Morgan fingerprint density at radius 2 is 0.978 bits per heavy atom. The fourth-order valence-electron chi connectivity index (χ4n) is 4.93. The first-order chi connectivity index (χ1) is 21.7. The van der Waals surface area contributed by atoms with Crippen molar-refractivity contribution in [1.29, 1.82) is 0 Å². The molecule has 46 heavy (non-hydrogen) atoms. The molecule has 0 heterocycles. The monoisotopic (exact) mass is 688 g/mol. The molecule has 268 valence electrons. The van der Waals surface area contributed by atoms with E-state index in [4.69, 9.17) is 19.1 Å². The van der Waals surface area contributed by atoms with Gasteiger partial charge < -0.3 is 33.6 Å². The molecule has 2 N–H and O–H groups in total. The average Bonchev–Trinajstić information content (AvgIpc) is 3.02. The van der Waals surface area contributed by atoms with Gasteiger partial charge in [-0.3, -0.25) is 14.2 Å². The van der Waals surface area contributed by atoms with Crippen molar-refractivity contribution in [2.24, 2.45) is 0 Å². The molecule has 0 fully saturated rings. The fraction of sp³-hybridized carbons (Fsp3) is 0.941. The molecule has 0 saturated heterocycles. The van der Waals surface area contributed by atoms with Crippen LogP contribution in [0, 0.1) is 0 Å². The maximum atomic E-state index is 12.5. The number of esters is 2. The molecule has 0 aromatic heterocycles. The standard InChI is InChI=1S/C34H67O10P.Na/c1-3-5-7-9-11-13-15-17-19-21-23-25-33(37)41-29-32(30-43-45(39,40)42-28-31(36)27-35)44-34(38)26-24-22-20-18-16-14-12-10-8-6-4-2;/h31-32,35-36H,3-30H2,1-2H3,(H,39,40);/q;+1/p-1/t31-,32+;/m0./s1. The van der Waals surface area contributed by atoms with Crippen molar-refractivity contribution in [3.8, 4) is 0 Å². The molecular weight excluding hydrogens is 622 g/mol. The maximum absolute atomic E-state index is 12.5. The summed E-state index contributed by atoms with van der Waals surface area (Å²) in [6, 6.07) is 0. The molecule has 3 atom stereocenters. The third kappa shape index (κ3) is 33.9. The van der Waals surface area contributed by atoms with E-state index in [9.17, 15) is 24.2 Å². The van der Waals surface area contributed by atoms with Crippen LogP contribution >= 0.6 is 7.82 Å². The topological polar surface area (TPSA) is 152 Å². The SMILES string of the molecule is CCCCCCCCCCCCCC(=O)OC[C@H](COP(=O)([O-])OC[C@@H](O)CO)OC(=O)CCCCCCCCCCCCC.[Na+]. The van der Waals surface area contributed by atoms with E-state index in [-0.39, 0.29) is 49.0 Å². The molecule has 10 nitrogen and oxygen atoms in total. The van der Waals surface area contributed by atoms with Gasteiger partial charge in [-0.25, -0.2) is 0 Å². The van der Waals surface area contributed by atoms with E-state index in [0.717, 1.165) is 38.5 Å². The molecule has 0 saturated carbocycles. The van der Waals surface area contributed by atoms with E-state index in [1.807, 2.05) is 0 Å². The normalized spacial score (nSPS) is 13.8. The van der Waals surface area contributed by atoms with E-state index in [1.165, 1.54) is 89.9 Å². The van der Waals surface area contributed by atoms with Crippen molar-refractivity contribution in [2.45, 2.75) is 180 Å². The van der Waals surface area contributed by atoms with Crippen LogP contribution in [0.4, 0.5) is 0 Å². The van der Waals surface area contributed by atoms with Crippen LogP contribution < -0.4 is 34.5 Å². The van der Waals surface area contributed by atoms with Crippen molar-refractivity contribution in [2.75, 3.05) is 26.4 Å². The minimum absolute atomic E-state index is 0. The van der Waals surface area contributed by atoms with E-state index >= 15 is 0 Å². The molecule has 0 aromatic carbocycles. The van der Waals surface area contributed by atoms with Gasteiger partial charge in [0.15, 0.2) is 6.10 Å². The summed E-state index contributed by atoms with van der Waals surface area (Å²) < 4.78 is 32.1. The molecule has 0 rings (SSSR count). The van der Waals surface area contributed by atoms with Gasteiger partial charge in [0.05, 0.1) is 19.8 Å². The van der Waals surface area contributed by atoms with E-state index in [1.54, 1.807) is 0 Å². The van der Waals surface area contributed by atoms with Crippen LogP contribution in [-0.2, 0) is 32.7 Å². The molecule has 0 aliphatic heterocycles. The summed E-state index contributed by atoms with van der Waals surface area (Å²) >= 11 is 0. The van der Waals surface area contributed by atoms with Crippen LogP contribution in [0.2, 0.25) is 0 Å². The summed E-state index contributed by atoms with van der Waals surface area (Å²) in [6.45, 7) is 2.17. The number of phosphoric acid groups is 1. The minimum atomic E-state index is -4.85. The van der Waals surface area contributed by atoms with Crippen LogP contribution in [-0.4, -0.2) is 60.8 Å². The molecule has 0 bridgehead atoms. The summed E-state index contributed by atoms with van der Waals surface area (Å²) in [5.41, 5.74) is 0. The number of carbonyl (C=O) groups excluding carboxylic acids is 2. The van der Waals surface area contributed by atoms with Crippen LogP contribution in [0.3, 0.4) is 0 Å². The number of aliphatic hydroxyl groups is 2. The zero-order valence-electron chi connectivity index (χ0n) is 29.6. The number of rotatable bonds is 34. The summed E-state index contributed by atoms with van der Waals surface area (Å²) in [5, 5.41) is 18.2. The Morgan fingerprint density at radius 3 is 1.39 bits per heavy atom. The maximum Gasteiger partial charge on any atom is 1.00 e. The molecular formula is C34H66NaO10P. The molecule has 12 heteroatoms. The van der Waals surface area contributed by atoms with Crippen molar-refractivity contribution in [3.63, 3.8) is 0 Å². The molecule has 0 aliphatic rings. The quantitative estimate of drug-likeness (QED) is 0.0421. The molecule has 0 amide bonds. The zero-order valence-corrected chi connectivity index (χ0v) is 32.5. The predicted octanol–water partition coefficient (Wildman–Crippen LogP) is 4.70. The average molecular weight is 689 g/mol. The summed E-state index contributed by atoms with van der Waals surface area (Å²) in [4.78, 5) is 36.8. The Bertz CT molecular complexity index is 743. The van der Waals surface area contributed by atoms with Gasteiger partial charge in [-0.05, 0) is 12.8 Å². The van der Waals surface area contributed by atoms with E-state index in [2.05, 4.69) is 18.4 Å². The van der Waals surface area contributed by atoms with Crippen LogP contribution in [0.25, 0.3) is 0 Å². The van der Waals surface area contributed by atoms with E-state index in [0.29, 0.717) is 12.8 Å². The van der Waals surface area contributed by atoms with E-state index < -0.39 is 51.8 Å². The summed E-state index contributed by atoms with van der Waals surface area (Å²) in [6.07, 6.45) is 23.4. The fourth-order valence-corrected chi connectivity index (χ4v) is 5.71. The van der Waals surface area contributed by atoms with Gasteiger partial charge in [-0.1, -0.05) is 142 Å². The number of aliphatic hydroxyl groups excluding tert-OH is 2. The number of phosphoric ester groups is 1. The second-order valence-corrected chi connectivity index (χ2v) is 13.7. The van der Waals surface area contributed by atoms with Gasteiger partial charge >= 0.3 is 41.5 Å². The summed E-state index contributed by atoms with van der Waals surface area (Å²) in [5.74, 6) is -0.955. The molecule has 0 spiro atoms. The third-order valence-corrected chi connectivity index (χ3v) is 8.68. The molecule has 0 aliphatic carbocycles. The van der Waals surface area contributed by atoms with Gasteiger partial charge in [-0.2, -0.15) is 0 Å². The van der Waals surface area contributed by atoms with Crippen molar-refractivity contribution in [1.82, 2.24) is 0 Å². The number of unbranched alkanes of at least 4 members (excludes halogenated alkanes) is 20. The Morgan fingerprint density at radius 1 is 0.609 bits per heavy atom. The molecule has 0 aromatic rings. The number of hydrogen-bond acceptors (Lipinski definition) is 10. The van der Waals surface area contributed by atoms with Crippen LogP contribution in [0.1, 0.15) is 168 Å². The van der Waals surface area contributed by atoms with Crippen LogP contribution in [0.15, 0.2) is 0 Å². The third-order valence-electron chi connectivity index (χ3n) is 7.75.